The zero-order valence-corrected chi connectivity index (χ0v) is 13.9. The van der Waals surface area contributed by atoms with Crippen LogP contribution in [0.15, 0.2) is 30.3 Å². The minimum Gasteiger partial charge on any atom is -0.372 e. The van der Waals surface area contributed by atoms with Gasteiger partial charge in [0, 0.05) is 18.8 Å². The molecule has 0 saturated carbocycles. The number of aromatic nitrogens is 5. The Morgan fingerprint density at radius 2 is 1.96 bits per heavy atom. The molecule has 0 radical (unpaired) electrons. The molecule has 2 aromatic heterocycles. The molecular weight excluding hydrogens is 325 g/mol. The molecule has 1 aliphatic rings. The number of fused-ring (bicyclic) bond motifs is 1. The molecule has 1 saturated heterocycles. The summed E-state index contributed by atoms with van der Waals surface area (Å²) in [6.45, 7) is 5.34. The van der Waals surface area contributed by atoms with Gasteiger partial charge in [-0.15, -0.1) is 14.8 Å². The highest BCUT2D eigenvalue weighted by Gasteiger charge is 2.24. The molecule has 0 unspecified atom stereocenters. The Kier molecular flexibility index (Phi) is 3.92. The minimum absolute atomic E-state index is 0.0770. The first kappa shape index (κ1) is 15.7. The first-order valence-electron chi connectivity index (χ1n) is 8.11. The number of halogens is 1. The van der Waals surface area contributed by atoms with Crippen LogP contribution < -0.4 is 10.2 Å². The van der Waals surface area contributed by atoms with Gasteiger partial charge in [0.2, 0.25) is 0 Å². The second kappa shape index (κ2) is 6.25. The second-order valence-electron chi connectivity index (χ2n) is 6.20. The molecule has 1 aliphatic heterocycles. The van der Waals surface area contributed by atoms with Crippen LogP contribution in [0.2, 0.25) is 0 Å². The van der Waals surface area contributed by atoms with Crippen molar-refractivity contribution in [1.29, 1.82) is 0 Å². The zero-order valence-electron chi connectivity index (χ0n) is 13.9. The van der Waals surface area contributed by atoms with Crippen LogP contribution in [0.5, 0.6) is 0 Å². The average Bonchev–Trinajstić information content (AvgIpc) is 3.01. The van der Waals surface area contributed by atoms with Gasteiger partial charge in [0.25, 0.3) is 0 Å². The van der Waals surface area contributed by atoms with Crippen LogP contribution in [0, 0.1) is 5.82 Å². The number of benzene rings is 1. The van der Waals surface area contributed by atoms with Crippen molar-refractivity contribution in [3.63, 3.8) is 0 Å². The fourth-order valence-corrected chi connectivity index (χ4v) is 3.08. The molecule has 8 nitrogen and oxygen atoms in total. The molecule has 0 spiro atoms. The first-order valence-corrected chi connectivity index (χ1v) is 8.11. The van der Waals surface area contributed by atoms with Crippen molar-refractivity contribution >= 4 is 22.8 Å². The summed E-state index contributed by atoms with van der Waals surface area (Å²) in [5.41, 5.74) is 1.73. The lowest BCUT2D eigenvalue weighted by Crippen LogP contribution is -2.45. The summed E-state index contributed by atoms with van der Waals surface area (Å²) in [5, 5.41) is 18.3. The molecular formula is C16H18FN7O. The number of nitrogens with one attached hydrogen (secondary N) is 1. The fourth-order valence-electron chi connectivity index (χ4n) is 3.08. The van der Waals surface area contributed by atoms with E-state index in [0.29, 0.717) is 35.9 Å². The van der Waals surface area contributed by atoms with Gasteiger partial charge in [-0.2, -0.15) is 0 Å². The van der Waals surface area contributed by atoms with E-state index in [4.69, 9.17) is 4.74 Å². The number of morpholine rings is 1. The second-order valence-corrected chi connectivity index (χ2v) is 6.20. The Labute approximate surface area is 143 Å². The van der Waals surface area contributed by atoms with Gasteiger partial charge in [0.1, 0.15) is 5.82 Å². The molecule has 0 bridgehead atoms. The SMILES string of the molecule is C[C@@H]1CN(c2ccc(Nc3ccc4nnnn4n3)cc2F)C[C@H](C)O1. The van der Waals surface area contributed by atoms with Crippen LogP contribution in [0.3, 0.4) is 0 Å². The lowest BCUT2D eigenvalue weighted by atomic mass is 10.2. The molecule has 0 amide bonds. The molecule has 4 rings (SSSR count). The summed E-state index contributed by atoms with van der Waals surface area (Å²) in [7, 11) is 0. The predicted molar refractivity (Wildman–Crippen MR) is 90.5 cm³/mol. The van der Waals surface area contributed by atoms with Gasteiger partial charge in [0.05, 0.1) is 17.9 Å². The Morgan fingerprint density at radius 1 is 1.16 bits per heavy atom. The van der Waals surface area contributed by atoms with Crippen molar-refractivity contribution in [3.05, 3.63) is 36.1 Å². The van der Waals surface area contributed by atoms with Crippen molar-refractivity contribution < 1.29 is 9.13 Å². The van der Waals surface area contributed by atoms with Crippen LogP contribution in [0.4, 0.5) is 21.6 Å². The normalized spacial score (nSPS) is 20.8. The van der Waals surface area contributed by atoms with E-state index in [1.807, 2.05) is 24.8 Å². The van der Waals surface area contributed by atoms with Crippen LogP contribution in [0.25, 0.3) is 5.65 Å². The van der Waals surface area contributed by atoms with Crippen LogP contribution in [0.1, 0.15) is 13.8 Å². The molecule has 9 heteroatoms. The standard InChI is InChI=1S/C16H18FN7O/c1-10-8-23(9-11(2)25-10)14-4-3-12(7-13(14)17)18-15-5-6-16-19-21-22-24(16)20-15/h3-7,10-11H,8-9H2,1-2H3,(H,18,20)/t10-,11+. The maximum atomic E-state index is 14.6. The molecule has 0 aliphatic carbocycles. The van der Waals surface area contributed by atoms with Gasteiger partial charge in [-0.1, -0.05) is 0 Å². The number of anilines is 3. The van der Waals surface area contributed by atoms with Gasteiger partial charge in [-0.05, 0) is 54.6 Å². The molecule has 2 atom stereocenters. The Bertz CT molecular complexity index is 889. The summed E-state index contributed by atoms with van der Waals surface area (Å²) in [6.07, 6.45) is 0.154. The summed E-state index contributed by atoms with van der Waals surface area (Å²) in [4.78, 5) is 2.02. The van der Waals surface area contributed by atoms with Gasteiger partial charge in [-0.3, -0.25) is 0 Å². The van der Waals surface area contributed by atoms with Gasteiger partial charge < -0.3 is 15.0 Å². The van der Waals surface area contributed by atoms with Crippen LogP contribution in [-0.2, 0) is 4.74 Å². The van der Waals surface area contributed by atoms with Crippen LogP contribution in [-0.4, -0.2) is 50.6 Å². The van der Waals surface area contributed by atoms with E-state index >= 15 is 0 Å². The zero-order chi connectivity index (χ0) is 17.4. The van der Waals surface area contributed by atoms with E-state index in [2.05, 4.69) is 25.9 Å². The quantitative estimate of drug-likeness (QED) is 0.779. The molecule has 130 valence electrons. The Balaban J connectivity index is 1.54. The van der Waals surface area contributed by atoms with Gasteiger partial charge in [-0.25, -0.2) is 4.39 Å². The molecule has 25 heavy (non-hydrogen) atoms. The van der Waals surface area contributed by atoms with E-state index in [1.54, 1.807) is 18.2 Å². The third kappa shape index (κ3) is 3.22. The largest absolute Gasteiger partial charge is 0.372 e. The number of hydrogen-bond donors (Lipinski definition) is 1. The summed E-state index contributed by atoms with van der Waals surface area (Å²) >= 11 is 0. The topological polar surface area (TPSA) is 80.5 Å². The van der Waals surface area contributed by atoms with Crippen molar-refractivity contribution in [1.82, 2.24) is 25.3 Å². The van der Waals surface area contributed by atoms with Gasteiger partial charge in [0.15, 0.2) is 11.5 Å². The van der Waals surface area contributed by atoms with E-state index < -0.39 is 0 Å². The first-order chi connectivity index (χ1) is 12.1. The third-order valence-electron chi connectivity index (χ3n) is 4.05. The number of nitrogens with zero attached hydrogens (tertiary/aromatic N) is 6. The monoisotopic (exact) mass is 343 g/mol. The van der Waals surface area contributed by atoms with Crippen molar-refractivity contribution in [2.75, 3.05) is 23.3 Å². The minimum atomic E-state index is -0.283. The highest BCUT2D eigenvalue weighted by molar-refractivity contribution is 5.62. The highest BCUT2D eigenvalue weighted by atomic mass is 19.1. The number of tetrazole rings is 1. The van der Waals surface area contributed by atoms with E-state index in [0.717, 1.165) is 0 Å². The van der Waals surface area contributed by atoms with Crippen molar-refractivity contribution in [2.24, 2.45) is 0 Å². The summed E-state index contributed by atoms with van der Waals surface area (Å²) < 4.78 is 21.6. The summed E-state index contributed by atoms with van der Waals surface area (Å²) in [6, 6.07) is 8.54. The van der Waals surface area contributed by atoms with Crippen LogP contribution >= 0.6 is 0 Å². The smallest absolute Gasteiger partial charge is 0.200 e. The molecule has 1 N–H and O–H groups in total. The number of hydrogen-bond acceptors (Lipinski definition) is 7. The highest BCUT2D eigenvalue weighted by Crippen LogP contribution is 2.27. The van der Waals surface area contributed by atoms with Gasteiger partial charge >= 0.3 is 0 Å². The van der Waals surface area contributed by atoms with Crippen molar-refractivity contribution in [3.8, 4) is 0 Å². The molecule has 3 heterocycles. The lowest BCUT2D eigenvalue weighted by molar-refractivity contribution is -0.00539. The maximum absolute atomic E-state index is 14.6. The van der Waals surface area contributed by atoms with E-state index in [-0.39, 0.29) is 18.0 Å². The summed E-state index contributed by atoms with van der Waals surface area (Å²) in [5.74, 6) is 0.246. The Morgan fingerprint density at radius 3 is 2.72 bits per heavy atom. The van der Waals surface area contributed by atoms with Crippen molar-refractivity contribution in [2.45, 2.75) is 26.1 Å². The average molecular weight is 343 g/mol. The number of rotatable bonds is 3. The lowest BCUT2D eigenvalue weighted by Gasteiger charge is -2.37. The van der Waals surface area contributed by atoms with E-state index in [9.17, 15) is 4.39 Å². The fraction of sp³-hybridized carbons (Fsp3) is 0.375. The molecule has 3 aromatic rings. The maximum Gasteiger partial charge on any atom is 0.200 e. The van der Waals surface area contributed by atoms with E-state index in [1.165, 1.54) is 10.7 Å². The molecule has 1 fully saturated rings. The third-order valence-corrected chi connectivity index (χ3v) is 4.05. The molecule has 1 aromatic carbocycles. The Hall–Kier alpha value is -2.81. The predicted octanol–water partition coefficient (Wildman–Crippen LogP) is 2.02. The number of ether oxygens (including phenoxy) is 1.